The molecule has 0 saturated heterocycles. The van der Waals surface area contributed by atoms with E-state index in [-0.39, 0.29) is 18.1 Å². The Morgan fingerprint density at radius 1 is 0.967 bits per heavy atom. The highest BCUT2D eigenvalue weighted by molar-refractivity contribution is 5.55. The summed E-state index contributed by atoms with van der Waals surface area (Å²) >= 11 is 0. The van der Waals surface area contributed by atoms with Crippen molar-refractivity contribution in [2.45, 2.75) is 44.8 Å². The SMILES string of the molecule is COc1ccc([C@H]2CCc3cc(OC(C)C)c(OC)cc3[C@H]2N(C)C=O)cc1OC. The molecule has 3 rings (SSSR count). The second-order valence-electron chi connectivity index (χ2n) is 7.84. The Morgan fingerprint density at radius 2 is 1.63 bits per heavy atom. The maximum atomic E-state index is 11.8. The van der Waals surface area contributed by atoms with Crippen LogP contribution in [0, 0.1) is 0 Å². The van der Waals surface area contributed by atoms with E-state index in [0.717, 1.165) is 36.1 Å². The van der Waals surface area contributed by atoms with Gasteiger partial charge in [-0.3, -0.25) is 4.79 Å². The van der Waals surface area contributed by atoms with Crippen LogP contribution in [-0.4, -0.2) is 45.8 Å². The lowest BCUT2D eigenvalue weighted by molar-refractivity contribution is -0.119. The van der Waals surface area contributed by atoms with Crippen molar-refractivity contribution < 1.29 is 23.7 Å². The molecular formula is C24H31NO5. The summed E-state index contributed by atoms with van der Waals surface area (Å²) in [6, 6.07) is 9.94. The molecule has 1 amide bonds. The van der Waals surface area contributed by atoms with Gasteiger partial charge >= 0.3 is 0 Å². The first-order valence-corrected chi connectivity index (χ1v) is 10.2. The van der Waals surface area contributed by atoms with Crippen molar-refractivity contribution in [3.8, 4) is 23.0 Å². The highest BCUT2D eigenvalue weighted by atomic mass is 16.5. The zero-order chi connectivity index (χ0) is 21.8. The number of rotatable bonds is 8. The molecule has 0 fully saturated rings. The molecule has 6 heteroatoms. The minimum atomic E-state index is -0.119. The zero-order valence-electron chi connectivity index (χ0n) is 18.6. The van der Waals surface area contributed by atoms with Gasteiger partial charge in [0.2, 0.25) is 6.41 Å². The maximum Gasteiger partial charge on any atom is 0.209 e. The van der Waals surface area contributed by atoms with Crippen LogP contribution in [0.1, 0.15) is 48.9 Å². The topological polar surface area (TPSA) is 57.2 Å². The summed E-state index contributed by atoms with van der Waals surface area (Å²) < 4.78 is 22.5. The molecule has 6 nitrogen and oxygen atoms in total. The summed E-state index contributed by atoms with van der Waals surface area (Å²) in [5.74, 6) is 2.92. The largest absolute Gasteiger partial charge is 0.493 e. The second kappa shape index (κ2) is 9.28. The molecule has 1 aliphatic rings. The maximum absolute atomic E-state index is 11.8. The van der Waals surface area contributed by atoms with Gasteiger partial charge in [-0.25, -0.2) is 0 Å². The van der Waals surface area contributed by atoms with Crippen LogP contribution in [0.2, 0.25) is 0 Å². The van der Waals surface area contributed by atoms with Crippen LogP contribution in [0.4, 0.5) is 0 Å². The lowest BCUT2D eigenvalue weighted by Gasteiger charge is -2.38. The van der Waals surface area contributed by atoms with Crippen molar-refractivity contribution in [1.82, 2.24) is 4.90 Å². The predicted molar refractivity (Wildman–Crippen MR) is 116 cm³/mol. The molecule has 0 saturated carbocycles. The Labute approximate surface area is 178 Å². The average Bonchev–Trinajstić information content (AvgIpc) is 2.76. The number of hydrogen-bond acceptors (Lipinski definition) is 5. The molecule has 0 aliphatic heterocycles. The van der Waals surface area contributed by atoms with Gasteiger partial charge in [-0.05, 0) is 67.6 Å². The van der Waals surface area contributed by atoms with E-state index < -0.39 is 0 Å². The van der Waals surface area contributed by atoms with Crippen LogP contribution in [0.25, 0.3) is 0 Å². The van der Waals surface area contributed by atoms with Crippen LogP contribution in [-0.2, 0) is 11.2 Å². The fourth-order valence-electron chi connectivity index (χ4n) is 4.30. The van der Waals surface area contributed by atoms with Crippen molar-refractivity contribution >= 4 is 6.41 Å². The highest BCUT2D eigenvalue weighted by Gasteiger charge is 2.35. The number of methoxy groups -OCH3 is 3. The fourth-order valence-corrected chi connectivity index (χ4v) is 4.30. The van der Waals surface area contributed by atoms with Crippen molar-refractivity contribution in [3.63, 3.8) is 0 Å². The van der Waals surface area contributed by atoms with Crippen LogP contribution >= 0.6 is 0 Å². The molecule has 0 heterocycles. The molecular weight excluding hydrogens is 382 g/mol. The molecule has 0 bridgehead atoms. The third kappa shape index (κ3) is 4.18. The number of likely N-dealkylation sites (N-methyl/N-ethyl adjacent to an activating group) is 1. The number of aryl methyl sites for hydroxylation is 1. The molecule has 0 unspecified atom stereocenters. The summed E-state index contributed by atoms with van der Waals surface area (Å²) in [5, 5.41) is 0. The van der Waals surface area contributed by atoms with Crippen LogP contribution in [0.15, 0.2) is 30.3 Å². The Morgan fingerprint density at radius 3 is 2.23 bits per heavy atom. The van der Waals surface area contributed by atoms with Crippen LogP contribution in [0.3, 0.4) is 0 Å². The number of nitrogens with zero attached hydrogens (tertiary/aromatic N) is 1. The van der Waals surface area contributed by atoms with E-state index in [1.807, 2.05) is 39.1 Å². The summed E-state index contributed by atoms with van der Waals surface area (Å²) in [5.41, 5.74) is 3.38. The molecule has 2 aromatic rings. The number of amides is 1. The van der Waals surface area contributed by atoms with Gasteiger partial charge in [0.1, 0.15) is 0 Å². The molecule has 0 spiro atoms. The lowest BCUT2D eigenvalue weighted by atomic mass is 9.75. The minimum Gasteiger partial charge on any atom is -0.493 e. The van der Waals surface area contributed by atoms with Gasteiger partial charge in [0.15, 0.2) is 23.0 Å². The van der Waals surface area contributed by atoms with Gasteiger partial charge in [-0.2, -0.15) is 0 Å². The highest BCUT2D eigenvalue weighted by Crippen LogP contribution is 2.48. The Bertz CT molecular complexity index is 895. The van der Waals surface area contributed by atoms with Crippen LogP contribution in [0.5, 0.6) is 23.0 Å². The van der Waals surface area contributed by atoms with E-state index in [0.29, 0.717) is 17.2 Å². The van der Waals surface area contributed by atoms with E-state index in [2.05, 4.69) is 12.1 Å². The zero-order valence-corrected chi connectivity index (χ0v) is 18.6. The van der Waals surface area contributed by atoms with E-state index in [9.17, 15) is 4.79 Å². The first-order chi connectivity index (χ1) is 14.4. The van der Waals surface area contributed by atoms with Gasteiger partial charge < -0.3 is 23.8 Å². The molecule has 0 radical (unpaired) electrons. The molecule has 162 valence electrons. The molecule has 2 aromatic carbocycles. The number of carbonyl (C=O) groups excluding carboxylic acids is 1. The monoisotopic (exact) mass is 413 g/mol. The molecule has 1 aliphatic carbocycles. The number of benzene rings is 2. The molecule has 2 atom stereocenters. The first kappa shape index (κ1) is 21.8. The standard InChI is InChI=1S/C24H31NO5/c1-15(2)30-23-12-17-7-9-18(16-8-10-20(27-4)21(11-16)28-5)24(25(3)14-26)19(17)13-22(23)29-6/h8,10-15,18,24H,7,9H2,1-6H3/t18-,24+/m1/s1. The third-order valence-corrected chi connectivity index (χ3v) is 5.65. The number of ether oxygens (including phenoxy) is 4. The third-order valence-electron chi connectivity index (χ3n) is 5.65. The van der Waals surface area contributed by atoms with Gasteiger partial charge in [0.05, 0.1) is 33.5 Å². The normalized spacial score (nSPS) is 17.8. The number of carbonyl (C=O) groups is 1. The van der Waals surface area contributed by atoms with Gasteiger partial charge in [0, 0.05) is 13.0 Å². The van der Waals surface area contributed by atoms with Gasteiger partial charge in [0.25, 0.3) is 0 Å². The van der Waals surface area contributed by atoms with Crippen molar-refractivity contribution in [2.75, 3.05) is 28.4 Å². The lowest BCUT2D eigenvalue weighted by Crippen LogP contribution is -2.32. The smallest absolute Gasteiger partial charge is 0.209 e. The van der Waals surface area contributed by atoms with Crippen molar-refractivity contribution in [1.29, 1.82) is 0 Å². The predicted octanol–water partition coefficient (Wildman–Crippen LogP) is 4.36. The van der Waals surface area contributed by atoms with E-state index >= 15 is 0 Å². The Kier molecular flexibility index (Phi) is 6.75. The number of hydrogen-bond donors (Lipinski definition) is 0. The first-order valence-electron chi connectivity index (χ1n) is 10.2. The van der Waals surface area contributed by atoms with E-state index in [1.54, 1.807) is 26.2 Å². The summed E-state index contributed by atoms with van der Waals surface area (Å²) in [6.45, 7) is 3.99. The quantitative estimate of drug-likeness (QED) is 0.602. The van der Waals surface area contributed by atoms with Crippen molar-refractivity contribution in [3.05, 3.63) is 47.0 Å². The second-order valence-corrected chi connectivity index (χ2v) is 7.84. The van der Waals surface area contributed by atoms with Crippen molar-refractivity contribution in [2.24, 2.45) is 0 Å². The Hall–Kier alpha value is -2.89. The number of fused-ring (bicyclic) bond motifs is 1. The van der Waals surface area contributed by atoms with Crippen LogP contribution < -0.4 is 18.9 Å². The molecule has 0 N–H and O–H groups in total. The average molecular weight is 414 g/mol. The van der Waals surface area contributed by atoms with E-state index in [4.69, 9.17) is 18.9 Å². The van der Waals surface area contributed by atoms with Gasteiger partial charge in [-0.1, -0.05) is 6.07 Å². The summed E-state index contributed by atoms with van der Waals surface area (Å²) in [7, 11) is 6.72. The molecule has 30 heavy (non-hydrogen) atoms. The Balaban J connectivity index is 2.08. The summed E-state index contributed by atoms with van der Waals surface area (Å²) in [4.78, 5) is 13.5. The summed E-state index contributed by atoms with van der Waals surface area (Å²) in [6.07, 6.45) is 2.72. The minimum absolute atomic E-state index is 0.0495. The van der Waals surface area contributed by atoms with Gasteiger partial charge in [-0.15, -0.1) is 0 Å². The molecule has 0 aromatic heterocycles. The van der Waals surface area contributed by atoms with E-state index in [1.165, 1.54) is 5.56 Å². The fraction of sp³-hybridized carbons (Fsp3) is 0.458.